The molecule has 1 aliphatic heterocycles. The van der Waals surface area contributed by atoms with E-state index in [1.54, 1.807) is 18.4 Å². The second-order valence-electron chi connectivity index (χ2n) is 9.02. The zero-order valence-corrected chi connectivity index (χ0v) is 21.3. The maximum atomic E-state index is 6.77. The molecule has 0 spiro atoms. The van der Waals surface area contributed by atoms with E-state index in [2.05, 4.69) is 42.9 Å². The molecule has 3 heterocycles. The summed E-state index contributed by atoms with van der Waals surface area (Å²) in [6.45, 7) is 12.2. The highest BCUT2D eigenvalue weighted by atomic mass is 35.5. The zero-order chi connectivity index (χ0) is 23.6. The van der Waals surface area contributed by atoms with Gasteiger partial charge in [-0.3, -0.25) is 4.90 Å². The minimum absolute atomic E-state index is 0.00454. The molecule has 33 heavy (non-hydrogen) atoms. The molecule has 4 rings (SSSR count). The third kappa shape index (κ3) is 5.35. The van der Waals surface area contributed by atoms with E-state index < -0.39 is 0 Å². The van der Waals surface area contributed by atoms with Gasteiger partial charge in [-0.1, -0.05) is 11.6 Å². The van der Waals surface area contributed by atoms with Gasteiger partial charge >= 0.3 is 0 Å². The molecule has 3 aromatic rings. The number of anilines is 1. The smallest absolute Gasteiger partial charge is 0.183 e. The number of thiazole rings is 1. The Hall–Kier alpha value is -2.13. The fraction of sp³-hybridized carbons (Fsp3) is 0.500. The number of methoxy groups -OCH3 is 1. The van der Waals surface area contributed by atoms with Gasteiger partial charge in [0.1, 0.15) is 28.8 Å². The van der Waals surface area contributed by atoms with Gasteiger partial charge in [0.15, 0.2) is 5.13 Å². The second-order valence-corrected chi connectivity index (χ2v) is 10.3. The van der Waals surface area contributed by atoms with Gasteiger partial charge in [0.05, 0.1) is 31.5 Å². The number of hydrogen-bond donors (Lipinski definition) is 1. The lowest BCUT2D eigenvalue weighted by molar-refractivity contribution is -0.0547. The Morgan fingerprint density at radius 3 is 2.79 bits per heavy atom. The van der Waals surface area contributed by atoms with Crippen LogP contribution in [0.4, 0.5) is 5.13 Å². The molecule has 2 aromatic heterocycles. The van der Waals surface area contributed by atoms with Crippen molar-refractivity contribution >= 4 is 39.0 Å². The fourth-order valence-corrected chi connectivity index (χ4v) is 5.01. The lowest BCUT2D eigenvalue weighted by atomic mass is 10.0. The summed E-state index contributed by atoms with van der Waals surface area (Å²) in [5.74, 6) is 1.31. The van der Waals surface area contributed by atoms with Crippen molar-refractivity contribution in [1.29, 1.82) is 0 Å². The predicted molar refractivity (Wildman–Crippen MR) is 135 cm³/mol. The molecule has 0 atom stereocenters. The van der Waals surface area contributed by atoms with Crippen LogP contribution in [0.3, 0.4) is 0 Å². The van der Waals surface area contributed by atoms with Gasteiger partial charge < -0.3 is 19.5 Å². The maximum Gasteiger partial charge on any atom is 0.183 e. The van der Waals surface area contributed by atoms with Crippen molar-refractivity contribution in [3.63, 3.8) is 0 Å². The number of ether oxygens (including phenoxy) is 3. The molecule has 1 aliphatic rings. The Morgan fingerprint density at radius 2 is 2.06 bits per heavy atom. The minimum atomic E-state index is -0.00454. The maximum absolute atomic E-state index is 6.77. The number of nitrogens with one attached hydrogen (secondary N) is 1. The number of rotatable bonds is 8. The van der Waals surface area contributed by atoms with E-state index in [0.29, 0.717) is 40.4 Å². The lowest BCUT2D eigenvalue weighted by Gasteiger charge is -2.41. The molecule has 0 saturated carbocycles. The van der Waals surface area contributed by atoms with Crippen LogP contribution in [0.15, 0.2) is 23.6 Å². The SMILES string of the molecule is COc1cc(-c2csc(NC(C)C)n2)nc2c(Cl)c(OCCN3CCOCC3(C)C)ccc12. The molecule has 0 bridgehead atoms. The van der Waals surface area contributed by atoms with Gasteiger partial charge in [-0.25, -0.2) is 9.97 Å². The van der Waals surface area contributed by atoms with Crippen molar-refractivity contribution < 1.29 is 14.2 Å². The minimum Gasteiger partial charge on any atom is -0.496 e. The van der Waals surface area contributed by atoms with Crippen LogP contribution in [0.1, 0.15) is 27.7 Å². The average Bonchev–Trinajstić information content (AvgIpc) is 3.23. The van der Waals surface area contributed by atoms with Crippen LogP contribution in [-0.4, -0.2) is 66.5 Å². The van der Waals surface area contributed by atoms with E-state index in [4.69, 9.17) is 30.8 Å². The van der Waals surface area contributed by atoms with Gasteiger partial charge in [0.2, 0.25) is 0 Å². The van der Waals surface area contributed by atoms with E-state index in [0.717, 1.165) is 42.5 Å². The van der Waals surface area contributed by atoms with Gasteiger partial charge in [-0.15, -0.1) is 11.3 Å². The second kappa shape index (κ2) is 10.0. The van der Waals surface area contributed by atoms with Gasteiger partial charge in [-0.2, -0.15) is 0 Å². The molecule has 0 amide bonds. The summed E-state index contributed by atoms with van der Waals surface area (Å²) in [6.07, 6.45) is 0. The molecule has 0 radical (unpaired) electrons. The number of benzene rings is 1. The van der Waals surface area contributed by atoms with Crippen molar-refractivity contribution in [3.8, 4) is 22.9 Å². The highest BCUT2D eigenvalue weighted by molar-refractivity contribution is 7.14. The summed E-state index contributed by atoms with van der Waals surface area (Å²) < 4.78 is 17.3. The molecular weight excluding hydrogens is 460 g/mol. The number of fused-ring (bicyclic) bond motifs is 1. The van der Waals surface area contributed by atoms with E-state index in [9.17, 15) is 0 Å². The Labute approximate surface area is 204 Å². The van der Waals surface area contributed by atoms with Crippen molar-refractivity contribution in [1.82, 2.24) is 14.9 Å². The molecule has 1 aromatic carbocycles. The van der Waals surface area contributed by atoms with E-state index in [1.807, 2.05) is 23.6 Å². The summed E-state index contributed by atoms with van der Waals surface area (Å²) in [6, 6.07) is 6.03. The summed E-state index contributed by atoms with van der Waals surface area (Å²) in [7, 11) is 1.65. The topological polar surface area (TPSA) is 68.7 Å². The first-order valence-corrected chi connectivity index (χ1v) is 12.4. The number of halogens is 1. The molecule has 1 saturated heterocycles. The van der Waals surface area contributed by atoms with Crippen LogP contribution in [0, 0.1) is 0 Å². The molecule has 7 nitrogen and oxygen atoms in total. The quantitative estimate of drug-likeness (QED) is 0.457. The molecule has 0 unspecified atom stereocenters. The first-order chi connectivity index (χ1) is 15.8. The zero-order valence-electron chi connectivity index (χ0n) is 19.8. The van der Waals surface area contributed by atoms with Crippen molar-refractivity contribution in [2.45, 2.75) is 39.3 Å². The summed E-state index contributed by atoms with van der Waals surface area (Å²) in [5, 5.41) is 7.48. The van der Waals surface area contributed by atoms with Crippen LogP contribution in [0.2, 0.25) is 5.02 Å². The van der Waals surface area contributed by atoms with E-state index in [1.165, 1.54) is 0 Å². The van der Waals surface area contributed by atoms with Crippen molar-refractivity contribution in [2.75, 3.05) is 45.3 Å². The van der Waals surface area contributed by atoms with Gasteiger partial charge in [-0.05, 0) is 39.8 Å². The molecule has 178 valence electrons. The molecule has 0 aliphatic carbocycles. The van der Waals surface area contributed by atoms with Gasteiger partial charge in [0, 0.05) is 41.5 Å². The van der Waals surface area contributed by atoms with Crippen LogP contribution < -0.4 is 14.8 Å². The largest absolute Gasteiger partial charge is 0.496 e. The Bertz CT molecular complexity index is 1120. The highest BCUT2D eigenvalue weighted by Gasteiger charge is 2.30. The van der Waals surface area contributed by atoms with E-state index in [-0.39, 0.29) is 5.54 Å². The number of pyridine rings is 1. The molecule has 9 heteroatoms. The number of nitrogens with zero attached hydrogens (tertiary/aromatic N) is 3. The molecule has 1 fully saturated rings. The standard InChI is InChI=1S/C24H31ClN4O3S/c1-15(2)26-23-28-18(13-33-23)17-12-20(30-5)16-6-7-19(21(25)22(16)27-17)32-11-9-29-8-10-31-14-24(29,3)4/h6-7,12-13,15H,8-11,14H2,1-5H3,(H,26,28). The van der Waals surface area contributed by atoms with Crippen LogP contribution in [0.25, 0.3) is 22.3 Å². The van der Waals surface area contributed by atoms with Crippen molar-refractivity contribution in [3.05, 3.63) is 28.6 Å². The molecular formula is C24H31ClN4O3S. The summed E-state index contributed by atoms with van der Waals surface area (Å²) in [5.41, 5.74) is 2.12. The lowest BCUT2D eigenvalue weighted by Crippen LogP contribution is -2.54. The molecule has 1 N–H and O–H groups in total. The number of morpholine rings is 1. The highest BCUT2D eigenvalue weighted by Crippen LogP contribution is 2.38. The van der Waals surface area contributed by atoms with Crippen LogP contribution in [0.5, 0.6) is 11.5 Å². The third-order valence-electron chi connectivity index (χ3n) is 5.68. The first-order valence-electron chi connectivity index (χ1n) is 11.1. The van der Waals surface area contributed by atoms with Crippen LogP contribution in [-0.2, 0) is 4.74 Å². The first kappa shape index (κ1) is 24.0. The number of aromatic nitrogens is 2. The number of hydrogen-bond acceptors (Lipinski definition) is 8. The Balaban J connectivity index is 1.58. The monoisotopic (exact) mass is 490 g/mol. The fourth-order valence-electron chi connectivity index (χ4n) is 3.90. The summed E-state index contributed by atoms with van der Waals surface area (Å²) in [4.78, 5) is 11.9. The van der Waals surface area contributed by atoms with Crippen molar-refractivity contribution in [2.24, 2.45) is 0 Å². The average molecular weight is 491 g/mol. The Kier molecular flexibility index (Phi) is 7.28. The Morgan fingerprint density at radius 1 is 1.24 bits per heavy atom. The van der Waals surface area contributed by atoms with Crippen LogP contribution >= 0.6 is 22.9 Å². The predicted octanol–water partition coefficient (Wildman–Crippen LogP) is 5.33. The normalized spacial score (nSPS) is 16.3. The van der Waals surface area contributed by atoms with E-state index >= 15 is 0 Å². The summed E-state index contributed by atoms with van der Waals surface area (Å²) >= 11 is 8.32. The third-order valence-corrected chi connectivity index (χ3v) is 6.82. The van der Waals surface area contributed by atoms with Gasteiger partial charge in [0.25, 0.3) is 0 Å².